The molecule has 0 spiro atoms. The Labute approximate surface area is 317 Å². The highest BCUT2D eigenvalue weighted by Crippen LogP contribution is 2.62. The van der Waals surface area contributed by atoms with Crippen molar-refractivity contribution in [3.63, 3.8) is 0 Å². The van der Waals surface area contributed by atoms with Gasteiger partial charge in [0.15, 0.2) is 11.5 Å². The summed E-state index contributed by atoms with van der Waals surface area (Å²) in [4.78, 5) is 21.6. The van der Waals surface area contributed by atoms with Crippen LogP contribution in [0.25, 0.3) is 0 Å². The van der Waals surface area contributed by atoms with E-state index in [0.717, 1.165) is 42.4 Å². The molecule has 0 saturated heterocycles. The Morgan fingerprint density at radius 2 is 1.76 bits per heavy atom. The fourth-order valence-electron chi connectivity index (χ4n) is 8.69. The molecule has 0 bridgehead atoms. The minimum Gasteiger partial charge on any atom is -0.490 e. The van der Waals surface area contributed by atoms with E-state index >= 15 is 0 Å². The maximum Gasteiger partial charge on any atom is 0.410 e. The number of hydrogen-bond donors (Lipinski definition) is 2. The van der Waals surface area contributed by atoms with Crippen LogP contribution in [0.3, 0.4) is 0 Å². The topological polar surface area (TPSA) is 138 Å². The molecule has 6 atom stereocenters. The molecule has 54 heavy (non-hydrogen) atoms. The van der Waals surface area contributed by atoms with Crippen molar-refractivity contribution in [2.45, 2.75) is 76.2 Å². The van der Waals surface area contributed by atoms with Crippen LogP contribution in [0.2, 0.25) is 0 Å². The molecule has 1 saturated carbocycles. The van der Waals surface area contributed by atoms with Gasteiger partial charge in [0.2, 0.25) is 12.6 Å². The summed E-state index contributed by atoms with van der Waals surface area (Å²) >= 11 is 0. The van der Waals surface area contributed by atoms with Crippen LogP contribution in [0.4, 0.5) is 4.79 Å². The van der Waals surface area contributed by atoms with E-state index in [1.54, 1.807) is 17.1 Å². The lowest BCUT2D eigenvalue weighted by Crippen LogP contribution is -2.70. The molecule has 2 heterocycles. The maximum absolute atomic E-state index is 14.1. The molecule has 2 N–H and O–H groups in total. The van der Waals surface area contributed by atoms with Gasteiger partial charge in [-0.3, -0.25) is 4.90 Å². The molecule has 0 radical (unpaired) electrons. The van der Waals surface area contributed by atoms with Crippen LogP contribution in [-0.4, -0.2) is 85.7 Å². The highest BCUT2D eigenvalue weighted by molar-refractivity contribution is 6.03. The SMILES string of the molecule is C=CCOc1ccc2c(c1)[C@H]1[C@H](CCCCO)[C@@H](CCCCO)C=C3C(=NOCC)C[C@H](N(Cc4ccc5c(c4)OCO5)C(=O)OC)[C@@](OCC=C)(O2)[C@H]31. The van der Waals surface area contributed by atoms with Crippen molar-refractivity contribution in [1.29, 1.82) is 0 Å². The van der Waals surface area contributed by atoms with E-state index in [1.807, 2.05) is 37.3 Å². The Kier molecular flexibility index (Phi) is 13.2. The van der Waals surface area contributed by atoms with Gasteiger partial charge < -0.3 is 43.5 Å². The zero-order valence-electron chi connectivity index (χ0n) is 31.5. The van der Waals surface area contributed by atoms with Crippen molar-refractivity contribution in [1.82, 2.24) is 4.90 Å². The van der Waals surface area contributed by atoms with Crippen LogP contribution < -0.4 is 18.9 Å². The molecule has 2 aliphatic heterocycles. The molecular formula is C42H54N2O10. The Hall–Kier alpha value is -4.52. The van der Waals surface area contributed by atoms with E-state index in [-0.39, 0.29) is 57.3 Å². The summed E-state index contributed by atoms with van der Waals surface area (Å²) in [6, 6.07) is 10.7. The zero-order chi connectivity index (χ0) is 38.1. The number of aliphatic hydroxyl groups excluding tert-OH is 2. The van der Waals surface area contributed by atoms with Gasteiger partial charge in [0, 0.05) is 37.7 Å². The highest BCUT2D eigenvalue weighted by atomic mass is 16.7. The molecule has 2 aromatic carbocycles. The van der Waals surface area contributed by atoms with E-state index < -0.39 is 23.8 Å². The quantitative estimate of drug-likeness (QED) is 0.0887. The van der Waals surface area contributed by atoms with Gasteiger partial charge in [-0.1, -0.05) is 48.9 Å². The number of amides is 1. The van der Waals surface area contributed by atoms with Gasteiger partial charge >= 0.3 is 6.09 Å². The molecule has 0 unspecified atom stereocenters. The van der Waals surface area contributed by atoms with Crippen molar-refractivity contribution < 1.29 is 48.3 Å². The standard InChI is InChI=1S/C42H54N2O10/c1-5-20-49-30-15-17-35-33(24-30)39-31(13-9-11-19-46)29(12-8-10-18-45)23-32-34(43-53-7-3)25-38(42(54-35,40(32)39)52-21-6-2)44(41(47)48-4)26-28-14-16-36-37(22-28)51-27-50-36/h5-6,14-17,22-24,29,31,38-40,45-46H,1-2,7-13,18-21,25-27H2,3-4H3/t29-,31+,38-,39+,40+,42+/m0/s1. The lowest BCUT2D eigenvalue weighted by atomic mass is 9.55. The average Bonchev–Trinajstić information content (AvgIpc) is 3.67. The second-order valence-corrected chi connectivity index (χ2v) is 14.1. The minimum atomic E-state index is -1.41. The Balaban J connectivity index is 1.58. The number of carbonyl (C=O) groups is 1. The summed E-state index contributed by atoms with van der Waals surface area (Å²) in [5, 5.41) is 24.4. The molecule has 12 heteroatoms. The van der Waals surface area contributed by atoms with Gasteiger partial charge in [-0.05, 0) is 85.9 Å². The van der Waals surface area contributed by atoms with Gasteiger partial charge in [-0.15, -0.1) is 6.58 Å². The first-order chi connectivity index (χ1) is 26.4. The van der Waals surface area contributed by atoms with Crippen molar-refractivity contribution in [3.8, 4) is 23.0 Å². The largest absolute Gasteiger partial charge is 0.490 e. The van der Waals surface area contributed by atoms with E-state index in [0.29, 0.717) is 54.8 Å². The molecule has 2 aliphatic carbocycles. The minimum absolute atomic E-state index is 0.0838. The molecule has 4 aliphatic rings. The third-order valence-corrected chi connectivity index (χ3v) is 10.9. The van der Waals surface area contributed by atoms with E-state index in [4.69, 9.17) is 38.4 Å². The molecule has 292 valence electrons. The second-order valence-electron chi connectivity index (χ2n) is 14.1. The number of hydrogen-bond acceptors (Lipinski definition) is 11. The predicted octanol–water partition coefficient (Wildman–Crippen LogP) is 6.90. The maximum atomic E-state index is 14.1. The van der Waals surface area contributed by atoms with Crippen molar-refractivity contribution in [2.75, 3.05) is 46.9 Å². The summed E-state index contributed by atoms with van der Waals surface area (Å²) in [5.41, 5.74) is 3.45. The fraction of sp³-hybridized carbons (Fsp3) is 0.524. The number of benzene rings is 2. The number of ether oxygens (including phenoxy) is 6. The third-order valence-electron chi connectivity index (χ3n) is 10.9. The highest BCUT2D eigenvalue weighted by Gasteiger charge is 2.65. The first-order valence-corrected chi connectivity index (χ1v) is 19.1. The number of oxime groups is 1. The fourth-order valence-corrected chi connectivity index (χ4v) is 8.69. The van der Waals surface area contributed by atoms with Crippen LogP contribution >= 0.6 is 0 Å². The smallest absolute Gasteiger partial charge is 0.410 e. The van der Waals surface area contributed by atoms with Gasteiger partial charge in [0.1, 0.15) is 30.8 Å². The third kappa shape index (κ3) is 7.97. The number of rotatable bonds is 19. The van der Waals surface area contributed by atoms with Crippen LogP contribution in [-0.2, 0) is 20.9 Å². The van der Waals surface area contributed by atoms with Gasteiger partial charge in [0.05, 0.1) is 25.3 Å². The molecule has 1 fully saturated rings. The number of carbonyl (C=O) groups excluding carboxylic acids is 1. The average molecular weight is 747 g/mol. The summed E-state index contributed by atoms with van der Waals surface area (Å²) in [7, 11) is 1.37. The number of allylic oxidation sites excluding steroid dienone is 1. The Bertz CT molecular complexity index is 1690. The van der Waals surface area contributed by atoms with Crippen molar-refractivity contribution >= 4 is 11.8 Å². The van der Waals surface area contributed by atoms with E-state index in [2.05, 4.69) is 25.3 Å². The van der Waals surface area contributed by atoms with Crippen molar-refractivity contribution in [2.24, 2.45) is 22.9 Å². The molecule has 0 aromatic heterocycles. The van der Waals surface area contributed by atoms with E-state index in [1.165, 1.54) is 7.11 Å². The lowest BCUT2D eigenvalue weighted by molar-refractivity contribution is -0.256. The predicted molar refractivity (Wildman–Crippen MR) is 203 cm³/mol. The number of nitrogens with zero attached hydrogens (tertiary/aromatic N) is 2. The Morgan fingerprint density at radius 1 is 1.00 bits per heavy atom. The molecule has 6 rings (SSSR count). The van der Waals surface area contributed by atoms with Gasteiger partial charge in [0.25, 0.3) is 0 Å². The summed E-state index contributed by atoms with van der Waals surface area (Å²) in [5.74, 6) is 0.722. The normalized spacial score (nSPS) is 25.4. The monoisotopic (exact) mass is 746 g/mol. The zero-order valence-corrected chi connectivity index (χ0v) is 31.5. The number of unbranched alkanes of at least 4 members (excludes halogenated alkanes) is 2. The number of aliphatic hydroxyl groups is 2. The molecule has 12 nitrogen and oxygen atoms in total. The van der Waals surface area contributed by atoms with Gasteiger partial charge in [-0.2, -0.15) is 0 Å². The summed E-state index contributed by atoms with van der Waals surface area (Å²) < 4.78 is 37.0. The summed E-state index contributed by atoms with van der Waals surface area (Å²) in [6.07, 6.45) is 10.1. The second kappa shape index (κ2) is 18.2. The van der Waals surface area contributed by atoms with Crippen LogP contribution in [0, 0.1) is 17.8 Å². The summed E-state index contributed by atoms with van der Waals surface area (Å²) in [6.45, 7) is 11.1. The van der Waals surface area contributed by atoms with E-state index in [9.17, 15) is 15.0 Å². The van der Waals surface area contributed by atoms with Crippen molar-refractivity contribution in [3.05, 3.63) is 84.5 Å². The van der Waals surface area contributed by atoms with Crippen LogP contribution in [0.1, 0.15) is 68.9 Å². The lowest BCUT2D eigenvalue weighted by Gasteiger charge is -2.59. The van der Waals surface area contributed by atoms with Crippen LogP contribution in [0.5, 0.6) is 23.0 Å². The molecule has 1 amide bonds. The van der Waals surface area contributed by atoms with Gasteiger partial charge in [-0.25, -0.2) is 4.79 Å². The number of methoxy groups -OCH3 is 1. The molecule has 2 aromatic rings. The first kappa shape index (κ1) is 39.2. The molecular weight excluding hydrogens is 692 g/mol. The number of fused-ring (bicyclic) bond motifs is 3. The Morgan fingerprint density at radius 3 is 2.50 bits per heavy atom. The first-order valence-electron chi connectivity index (χ1n) is 19.1. The van der Waals surface area contributed by atoms with Crippen LogP contribution in [0.15, 0.2) is 78.5 Å².